The van der Waals surface area contributed by atoms with Crippen molar-refractivity contribution in [3.05, 3.63) is 54.2 Å². The van der Waals surface area contributed by atoms with Gasteiger partial charge in [0.25, 0.3) is 0 Å². The van der Waals surface area contributed by atoms with Crippen LogP contribution in [-0.2, 0) is 10.2 Å². The Kier molecular flexibility index (Phi) is 3.14. The van der Waals surface area contributed by atoms with E-state index in [2.05, 4.69) is 10.3 Å². The van der Waals surface area contributed by atoms with Crippen LogP contribution in [0.25, 0.3) is 0 Å². The number of methoxy groups -OCH3 is 1. The molecule has 1 saturated carbocycles. The van der Waals surface area contributed by atoms with E-state index in [9.17, 15) is 4.79 Å². The van der Waals surface area contributed by atoms with Gasteiger partial charge in [-0.1, -0.05) is 18.2 Å². The Morgan fingerprint density at radius 2 is 2.00 bits per heavy atom. The van der Waals surface area contributed by atoms with Gasteiger partial charge in [-0.15, -0.1) is 0 Å². The summed E-state index contributed by atoms with van der Waals surface area (Å²) in [6.45, 7) is 0. The zero-order chi connectivity index (χ0) is 14.0. The van der Waals surface area contributed by atoms with Crippen molar-refractivity contribution in [3.63, 3.8) is 0 Å². The fraction of sp³-hybridized carbons (Fsp3) is 0.250. The average molecular weight is 270 g/mol. The second-order valence-electron chi connectivity index (χ2n) is 4.98. The molecule has 0 spiro atoms. The normalized spacial score (nSPS) is 15.4. The third-order valence-corrected chi connectivity index (χ3v) is 3.73. The van der Waals surface area contributed by atoms with Gasteiger partial charge < -0.3 is 10.1 Å². The highest BCUT2D eigenvalue weighted by Crippen LogP contribution is 2.49. The number of aromatic nitrogens is 1. The van der Waals surface area contributed by atoms with E-state index in [4.69, 9.17) is 4.74 Å². The average Bonchev–Trinajstić information content (AvgIpc) is 3.30. The van der Waals surface area contributed by atoms with Gasteiger partial charge >= 0.3 is 0 Å². The molecule has 1 amide bonds. The molecule has 1 aromatic carbocycles. The van der Waals surface area contributed by atoms with E-state index in [-0.39, 0.29) is 7.33 Å². The highest BCUT2D eigenvalue weighted by Gasteiger charge is 2.51. The van der Waals surface area contributed by atoms with Crippen LogP contribution in [0.4, 0.5) is 5.82 Å². The smallest absolute Gasteiger partial charge is 0.236 e. The zero-order valence-electron chi connectivity index (χ0n) is 11.3. The van der Waals surface area contributed by atoms with E-state index in [1.54, 1.807) is 19.4 Å². The summed E-state index contributed by atoms with van der Waals surface area (Å²) in [6.07, 6.45) is 3.42. The predicted molar refractivity (Wildman–Crippen MR) is 78.9 cm³/mol. The fourth-order valence-electron chi connectivity index (χ4n) is 2.35. The number of benzene rings is 1. The first kappa shape index (κ1) is 12.7. The number of rotatable bonds is 4. The number of hydrogen-bond donors (Lipinski definition) is 1. The van der Waals surface area contributed by atoms with E-state index in [0.29, 0.717) is 5.82 Å². The van der Waals surface area contributed by atoms with Gasteiger partial charge in [-0.3, -0.25) is 4.79 Å². The number of pyridine rings is 1. The van der Waals surface area contributed by atoms with Crippen molar-refractivity contribution in [3.8, 4) is 5.75 Å². The Bertz CT molecular complexity index is 610. The molecule has 3 rings (SSSR count). The van der Waals surface area contributed by atoms with E-state index >= 15 is 0 Å². The van der Waals surface area contributed by atoms with E-state index in [1.165, 1.54) is 0 Å². The highest BCUT2D eigenvalue weighted by atomic mass is 16.5. The Morgan fingerprint density at radius 1 is 1.25 bits per heavy atom. The lowest BCUT2D eigenvalue weighted by Crippen LogP contribution is -2.28. The maximum absolute atomic E-state index is 12.5. The summed E-state index contributed by atoms with van der Waals surface area (Å²) in [5, 5.41) is 2.89. The van der Waals surface area contributed by atoms with Crippen molar-refractivity contribution in [2.24, 2.45) is 0 Å². The van der Waals surface area contributed by atoms with Gasteiger partial charge in [0.1, 0.15) is 11.6 Å². The standard InChI is InChI=1S/C16H16N2O2.H2/c1-20-13-7-5-12(6-8-13)16(9-10-16)15(19)18-14-4-2-3-11-17-14;/h2-8,11H,9-10H2,1H3,(H,17,18,19);1H. The molecule has 1 fully saturated rings. The summed E-state index contributed by atoms with van der Waals surface area (Å²) in [7, 11) is 1.63. The third-order valence-electron chi connectivity index (χ3n) is 3.73. The summed E-state index contributed by atoms with van der Waals surface area (Å²) in [5.41, 5.74) is 0.635. The highest BCUT2D eigenvalue weighted by molar-refractivity contribution is 6.00. The lowest BCUT2D eigenvalue weighted by molar-refractivity contribution is -0.118. The Balaban J connectivity index is 0.00000161. The molecule has 0 radical (unpaired) electrons. The molecule has 1 aromatic heterocycles. The van der Waals surface area contributed by atoms with Crippen LogP contribution in [0, 0.1) is 0 Å². The monoisotopic (exact) mass is 270 g/mol. The lowest BCUT2D eigenvalue weighted by atomic mass is 9.95. The fourth-order valence-corrected chi connectivity index (χ4v) is 2.35. The molecule has 2 aromatic rings. The number of carbonyl (C=O) groups is 1. The van der Waals surface area contributed by atoms with Crippen LogP contribution < -0.4 is 10.1 Å². The van der Waals surface area contributed by atoms with Crippen LogP contribution in [0.5, 0.6) is 5.75 Å². The molecule has 0 bridgehead atoms. The number of ether oxygens (including phenoxy) is 1. The molecule has 4 heteroatoms. The zero-order valence-corrected chi connectivity index (χ0v) is 11.3. The minimum absolute atomic E-state index is 0. The van der Waals surface area contributed by atoms with Gasteiger partial charge in [0, 0.05) is 7.62 Å². The first-order chi connectivity index (χ1) is 9.74. The van der Waals surface area contributed by atoms with Gasteiger partial charge in [0.15, 0.2) is 0 Å². The van der Waals surface area contributed by atoms with Crippen LogP contribution in [0.15, 0.2) is 48.7 Å². The summed E-state index contributed by atoms with van der Waals surface area (Å²) in [6, 6.07) is 13.2. The van der Waals surface area contributed by atoms with E-state index < -0.39 is 5.41 Å². The molecule has 0 atom stereocenters. The quantitative estimate of drug-likeness (QED) is 0.929. The summed E-state index contributed by atoms with van der Waals surface area (Å²) < 4.78 is 5.15. The first-order valence-corrected chi connectivity index (χ1v) is 6.62. The van der Waals surface area contributed by atoms with Crippen LogP contribution >= 0.6 is 0 Å². The SMILES string of the molecule is COc1ccc(C2(C(=O)Nc3ccccn3)CC2)cc1.[HH]. The number of anilines is 1. The lowest BCUT2D eigenvalue weighted by Gasteiger charge is -2.15. The second kappa shape index (κ2) is 4.96. The van der Waals surface area contributed by atoms with Crippen molar-refractivity contribution in [1.82, 2.24) is 4.98 Å². The van der Waals surface area contributed by atoms with Gasteiger partial charge in [-0.25, -0.2) is 4.98 Å². The number of carbonyl (C=O) groups excluding carboxylic acids is 1. The minimum Gasteiger partial charge on any atom is -0.497 e. The molecule has 4 nitrogen and oxygen atoms in total. The second-order valence-corrected chi connectivity index (χ2v) is 4.98. The maximum Gasteiger partial charge on any atom is 0.236 e. The molecule has 1 N–H and O–H groups in total. The van der Waals surface area contributed by atoms with Crippen LogP contribution in [0.1, 0.15) is 19.8 Å². The molecular formula is C16H18N2O2. The minimum atomic E-state index is -0.399. The molecule has 1 aliphatic carbocycles. The summed E-state index contributed by atoms with van der Waals surface area (Å²) in [4.78, 5) is 16.6. The molecule has 0 unspecified atom stereocenters. The Labute approximate surface area is 119 Å². The molecule has 20 heavy (non-hydrogen) atoms. The van der Waals surface area contributed by atoms with Crippen molar-refractivity contribution in [2.75, 3.05) is 12.4 Å². The summed E-state index contributed by atoms with van der Waals surface area (Å²) >= 11 is 0. The number of hydrogen-bond acceptors (Lipinski definition) is 3. The number of nitrogens with one attached hydrogen (secondary N) is 1. The largest absolute Gasteiger partial charge is 0.497 e. The molecular weight excluding hydrogens is 252 g/mol. The van der Waals surface area contributed by atoms with Crippen LogP contribution in [0.2, 0.25) is 0 Å². The molecule has 1 heterocycles. The van der Waals surface area contributed by atoms with Gasteiger partial charge in [0.2, 0.25) is 5.91 Å². The van der Waals surface area contributed by atoms with Gasteiger partial charge in [0.05, 0.1) is 12.5 Å². The van der Waals surface area contributed by atoms with Crippen LogP contribution in [-0.4, -0.2) is 18.0 Å². The number of nitrogens with zero attached hydrogens (tertiary/aromatic N) is 1. The Hall–Kier alpha value is -2.36. The van der Waals surface area contributed by atoms with E-state index in [1.807, 2.05) is 36.4 Å². The van der Waals surface area contributed by atoms with Crippen molar-refractivity contribution in [1.29, 1.82) is 0 Å². The molecule has 1 aliphatic rings. The van der Waals surface area contributed by atoms with E-state index in [0.717, 1.165) is 24.2 Å². The number of amides is 1. The molecule has 104 valence electrons. The predicted octanol–water partition coefficient (Wildman–Crippen LogP) is 3.01. The molecule has 0 aliphatic heterocycles. The van der Waals surface area contributed by atoms with Gasteiger partial charge in [-0.05, 0) is 42.7 Å². The maximum atomic E-state index is 12.5. The molecule has 0 saturated heterocycles. The van der Waals surface area contributed by atoms with Crippen LogP contribution in [0.3, 0.4) is 0 Å². The Morgan fingerprint density at radius 3 is 2.55 bits per heavy atom. The first-order valence-electron chi connectivity index (χ1n) is 6.62. The topological polar surface area (TPSA) is 51.2 Å². The van der Waals surface area contributed by atoms with Crippen molar-refractivity contribution >= 4 is 11.7 Å². The third kappa shape index (κ3) is 2.25. The summed E-state index contributed by atoms with van der Waals surface area (Å²) in [5.74, 6) is 1.41. The van der Waals surface area contributed by atoms with Crippen molar-refractivity contribution in [2.45, 2.75) is 18.3 Å². The van der Waals surface area contributed by atoms with Gasteiger partial charge in [-0.2, -0.15) is 0 Å². The van der Waals surface area contributed by atoms with Crippen molar-refractivity contribution < 1.29 is 11.0 Å².